The zero-order valence-electron chi connectivity index (χ0n) is 9.78. The Morgan fingerprint density at radius 2 is 2.22 bits per heavy atom. The van der Waals surface area contributed by atoms with Crippen LogP contribution in [0.3, 0.4) is 0 Å². The fourth-order valence-electron chi connectivity index (χ4n) is 1.57. The van der Waals surface area contributed by atoms with E-state index in [2.05, 4.69) is 21.0 Å². The fraction of sp³-hybridized carbons (Fsp3) is 0.167. The third kappa shape index (κ3) is 2.28. The molecule has 2 aromatic rings. The van der Waals surface area contributed by atoms with Gasteiger partial charge in [0.25, 0.3) is 0 Å². The molecule has 0 aliphatic carbocycles. The van der Waals surface area contributed by atoms with E-state index in [-0.39, 0.29) is 5.88 Å². The van der Waals surface area contributed by atoms with Crippen molar-refractivity contribution in [1.29, 1.82) is 0 Å². The minimum Gasteiger partial charge on any atom is -0.437 e. The summed E-state index contributed by atoms with van der Waals surface area (Å²) in [6.45, 7) is 1.71. The molecule has 2 rings (SSSR count). The number of aldehydes is 1. The van der Waals surface area contributed by atoms with Gasteiger partial charge in [0.2, 0.25) is 5.88 Å². The molecule has 0 radical (unpaired) electrons. The summed E-state index contributed by atoms with van der Waals surface area (Å²) in [5, 5.41) is 4.08. The van der Waals surface area contributed by atoms with Gasteiger partial charge in [-0.1, -0.05) is 0 Å². The Morgan fingerprint density at radius 3 is 2.89 bits per heavy atom. The van der Waals surface area contributed by atoms with Crippen LogP contribution in [0.4, 0.5) is 4.39 Å². The van der Waals surface area contributed by atoms with Crippen molar-refractivity contribution in [3.8, 4) is 11.6 Å². The standard InChI is InChI=1S/C12H10BrFN2O2/c1-7-9(6-17)12(16(2)15-7)18-11-5-8(14)3-4-10(11)13/h3-6H,1-2H3. The maximum atomic E-state index is 13.1. The number of nitrogens with zero attached hydrogens (tertiary/aromatic N) is 2. The van der Waals surface area contributed by atoms with E-state index in [9.17, 15) is 9.18 Å². The van der Waals surface area contributed by atoms with Crippen molar-refractivity contribution in [2.45, 2.75) is 6.92 Å². The van der Waals surface area contributed by atoms with E-state index in [4.69, 9.17) is 4.74 Å². The first-order chi connectivity index (χ1) is 8.52. The maximum Gasteiger partial charge on any atom is 0.228 e. The molecule has 0 aliphatic rings. The predicted molar refractivity (Wildman–Crippen MR) is 67.5 cm³/mol. The van der Waals surface area contributed by atoms with Gasteiger partial charge in [0.05, 0.1) is 15.7 Å². The van der Waals surface area contributed by atoms with Gasteiger partial charge < -0.3 is 4.74 Å². The van der Waals surface area contributed by atoms with Crippen molar-refractivity contribution < 1.29 is 13.9 Å². The maximum absolute atomic E-state index is 13.1. The number of halogens is 2. The lowest BCUT2D eigenvalue weighted by Gasteiger charge is -2.08. The molecule has 4 nitrogen and oxygen atoms in total. The van der Waals surface area contributed by atoms with Crippen LogP contribution in [0, 0.1) is 12.7 Å². The third-order valence-electron chi connectivity index (χ3n) is 2.43. The van der Waals surface area contributed by atoms with Crippen molar-refractivity contribution in [1.82, 2.24) is 9.78 Å². The summed E-state index contributed by atoms with van der Waals surface area (Å²) in [6.07, 6.45) is 0.671. The lowest BCUT2D eigenvalue weighted by atomic mass is 10.3. The molecule has 0 N–H and O–H groups in total. The van der Waals surface area contributed by atoms with Gasteiger partial charge in [-0.2, -0.15) is 5.10 Å². The molecule has 94 valence electrons. The minimum absolute atomic E-state index is 0.286. The fourth-order valence-corrected chi connectivity index (χ4v) is 1.90. The van der Waals surface area contributed by atoms with Crippen LogP contribution in [0.25, 0.3) is 0 Å². The Labute approximate surface area is 111 Å². The molecule has 0 bridgehead atoms. The number of aryl methyl sites for hydroxylation is 2. The number of carbonyl (C=O) groups excluding carboxylic acids is 1. The number of hydrogen-bond acceptors (Lipinski definition) is 3. The van der Waals surface area contributed by atoms with Gasteiger partial charge in [-0.15, -0.1) is 0 Å². The summed E-state index contributed by atoms with van der Waals surface area (Å²) in [7, 11) is 1.66. The first kappa shape index (κ1) is 12.8. The highest BCUT2D eigenvalue weighted by Crippen LogP contribution is 2.32. The molecule has 0 saturated carbocycles. The summed E-state index contributed by atoms with van der Waals surface area (Å²) in [6, 6.07) is 4.08. The van der Waals surface area contributed by atoms with Gasteiger partial charge in [0, 0.05) is 13.1 Å². The van der Waals surface area contributed by atoms with Crippen molar-refractivity contribution in [3.63, 3.8) is 0 Å². The van der Waals surface area contributed by atoms with E-state index in [1.54, 1.807) is 14.0 Å². The summed E-state index contributed by atoms with van der Waals surface area (Å²) in [5.74, 6) is 0.162. The first-order valence-electron chi connectivity index (χ1n) is 5.14. The predicted octanol–water partition coefficient (Wildman–Crippen LogP) is 3.23. The zero-order valence-corrected chi connectivity index (χ0v) is 11.4. The topological polar surface area (TPSA) is 44.1 Å². The molecule has 18 heavy (non-hydrogen) atoms. The smallest absolute Gasteiger partial charge is 0.228 e. The Bertz CT molecular complexity index is 610. The van der Waals surface area contributed by atoms with Crippen LogP contribution in [0.5, 0.6) is 11.6 Å². The van der Waals surface area contributed by atoms with Crippen molar-refractivity contribution >= 4 is 22.2 Å². The molecule has 1 aromatic heterocycles. The van der Waals surface area contributed by atoms with E-state index in [1.165, 1.54) is 22.9 Å². The monoisotopic (exact) mass is 312 g/mol. The second-order valence-corrected chi connectivity index (χ2v) is 4.58. The van der Waals surface area contributed by atoms with E-state index in [0.29, 0.717) is 27.8 Å². The van der Waals surface area contributed by atoms with Gasteiger partial charge in [-0.25, -0.2) is 9.07 Å². The van der Waals surface area contributed by atoms with Crippen LogP contribution in [0.15, 0.2) is 22.7 Å². The number of rotatable bonds is 3. The molecular weight excluding hydrogens is 303 g/mol. The first-order valence-corrected chi connectivity index (χ1v) is 5.94. The summed E-state index contributed by atoms with van der Waals surface area (Å²) < 4.78 is 20.7. The molecule has 6 heteroatoms. The van der Waals surface area contributed by atoms with Crippen LogP contribution in [-0.4, -0.2) is 16.1 Å². The largest absolute Gasteiger partial charge is 0.437 e. The Kier molecular flexibility index (Phi) is 3.47. The highest BCUT2D eigenvalue weighted by atomic mass is 79.9. The van der Waals surface area contributed by atoms with Crippen LogP contribution in [-0.2, 0) is 7.05 Å². The summed E-state index contributed by atoms with van der Waals surface area (Å²) in [5.41, 5.74) is 0.920. The number of ether oxygens (including phenoxy) is 1. The quantitative estimate of drug-likeness (QED) is 0.817. The van der Waals surface area contributed by atoms with Gasteiger partial charge in [-0.05, 0) is 35.0 Å². The average Bonchev–Trinajstić information content (AvgIpc) is 2.58. The van der Waals surface area contributed by atoms with E-state index >= 15 is 0 Å². The van der Waals surface area contributed by atoms with E-state index in [0.717, 1.165) is 0 Å². The van der Waals surface area contributed by atoms with Crippen LogP contribution in [0.2, 0.25) is 0 Å². The van der Waals surface area contributed by atoms with Crippen molar-refractivity contribution in [2.24, 2.45) is 7.05 Å². The van der Waals surface area contributed by atoms with Gasteiger partial charge in [0.1, 0.15) is 11.6 Å². The zero-order chi connectivity index (χ0) is 13.3. The lowest BCUT2D eigenvalue weighted by molar-refractivity contribution is 0.112. The molecular formula is C12H10BrFN2O2. The number of carbonyl (C=O) groups is 1. The summed E-state index contributed by atoms with van der Waals surface area (Å²) in [4.78, 5) is 11.0. The molecule has 0 aliphatic heterocycles. The van der Waals surface area contributed by atoms with Crippen LogP contribution in [0.1, 0.15) is 16.1 Å². The van der Waals surface area contributed by atoms with E-state index in [1.807, 2.05) is 0 Å². The molecule has 0 fully saturated rings. The van der Waals surface area contributed by atoms with Gasteiger partial charge in [-0.3, -0.25) is 4.79 Å². The molecule has 0 atom stereocenters. The molecule has 1 aromatic carbocycles. The molecule has 0 spiro atoms. The van der Waals surface area contributed by atoms with Crippen molar-refractivity contribution in [2.75, 3.05) is 0 Å². The number of aromatic nitrogens is 2. The Balaban J connectivity index is 2.45. The highest BCUT2D eigenvalue weighted by Gasteiger charge is 2.16. The number of benzene rings is 1. The summed E-state index contributed by atoms with van der Waals surface area (Å²) >= 11 is 3.26. The Morgan fingerprint density at radius 1 is 1.50 bits per heavy atom. The normalized spacial score (nSPS) is 10.4. The molecule has 0 amide bonds. The minimum atomic E-state index is -0.417. The van der Waals surface area contributed by atoms with Crippen LogP contribution < -0.4 is 4.74 Å². The van der Waals surface area contributed by atoms with Gasteiger partial charge in [0.15, 0.2) is 6.29 Å². The van der Waals surface area contributed by atoms with Gasteiger partial charge >= 0.3 is 0 Å². The number of hydrogen-bond donors (Lipinski definition) is 0. The Hall–Kier alpha value is -1.69. The molecule has 0 saturated heterocycles. The van der Waals surface area contributed by atoms with Crippen LogP contribution >= 0.6 is 15.9 Å². The highest BCUT2D eigenvalue weighted by molar-refractivity contribution is 9.10. The molecule has 1 heterocycles. The lowest BCUT2D eigenvalue weighted by Crippen LogP contribution is -1.97. The average molecular weight is 313 g/mol. The second-order valence-electron chi connectivity index (χ2n) is 3.72. The second kappa shape index (κ2) is 4.89. The van der Waals surface area contributed by atoms with E-state index < -0.39 is 5.82 Å². The third-order valence-corrected chi connectivity index (χ3v) is 3.09. The SMILES string of the molecule is Cc1nn(C)c(Oc2cc(F)ccc2Br)c1C=O. The van der Waals surface area contributed by atoms with Crippen molar-refractivity contribution in [3.05, 3.63) is 39.7 Å². The molecule has 0 unspecified atom stereocenters.